The second-order valence-corrected chi connectivity index (χ2v) is 7.31. The molecule has 0 spiro atoms. The molecule has 1 unspecified atom stereocenters. The smallest absolute Gasteiger partial charge is 0.123 e. The molecule has 24 heavy (non-hydrogen) atoms. The molecule has 4 nitrogen and oxygen atoms in total. The summed E-state index contributed by atoms with van der Waals surface area (Å²) in [5.41, 5.74) is 2.68. The van der Waals surface area contributed by atoms with Crippen LogP contribution in [0.5, 0.6) is 5.75 Å². The number of hydrogen-bond acceptors (Lipinski definition) is 4. The predicted molar refractivity (Wildman–Crippen MR) is 97.4 cm³/mol. The second kappa shape index (κ2) is 8.84. The van der Waals surface area contributed by atoms with Gasteiger partial charge in [0.25, 0.3) is 0 Å². The van der Waals surface area contributed by atoms with Crippen LogP contribution in [0.2, 0.25) is 0 Å². The number of benzene rings is 1. The van der Waals surface area contributed by atoms with Crippen LogP contribution in [0.25, 0.3) is 0 Å². The number of methoxy groups -OCH3 is 1. The van der Waals surface area contributed by atoms with E-state index in [1.165, 1.54) is 56.3 Å². The van der Waals surface area contributed by atoms with E-state index in [4.69, 9.17) is 9.47 Å². The van der Waals surface area contributed by atoms with Gasteiger partial charge in [0.05, 0.1) is 13.2 Å². The van der Waals surface area contributed by atoms with Gasteiger partial charge >= 0.3 is 0 Å². The number of likely N-dealkylation sites (N-methyl/N-ethyl adjacent to an activating group) is 1. The van der Waals surface area contributed by atoms with Gasteiger partial charge in [-0.2, -0.15) is 0 Å². The fourth-order valence-electron chi connectivity index (χ4n) is 3.91. The minimum absolute atomic E-state index is 0.408. The van der Waals surface area contributed by atoms with Crippen molar-refractivity contribution in [2.24, 2.45) is 0 Å². The third kappa shape index (κ3) is 4.95. The Bertz CT molecular complexity index is 508. The summed E-state index contributed by atoms with van der Waals surface area (Å²) < 4.78 is 11.4. The lowest BCUT2D eigenvalue weighted by molar-refractivity contribution is -0.00259. The van der Waals surface area contributed by atoms with Crippen molar-refractivity contribution in [2.45, 2.75) is 51.3 Å². The van der Waals surface area contributed by atoms with E-state index in [0.29, 0.717) is 6.10 Å². The first-order chi connectivity index (χ1) is 11.7. The third-order valence-electron chi connectivity index (χ3n) is 5.18. The fraction of sp³-hybridized carbons (Fsp3) is 0.700. The van der Waals surface area contributed by atoms with Gasteiger partial charge < -0.3 is 9.47 Å². The van der Waals surface area contributed by atoms with Crippen LogP contribution < -0.4 is 4.74 Å². The van der Waals surface area contributed by atoms with Crippen LogP contribution in [0, 0.1) is 0 Å². The summed E-state index contributed by atoms with van der Waals surface area (Å²) in [6, 6.07) is 6.66. The van der Waals surface area contributed by atoms with Crippen molar-refractivity contribution >= 4 is 0 Å². The molecular weight excluding hydrogens is 300 g/mol. The molecule has 2 saturated heterocycles. The van der Waals surface area contributed by atoms with Gasteiger partial charge in [-0.05, 0) is 69.9 Å². The molecule has 1 atom stereocenters. The maximum Gasteiger partial charge on any atom is 0.123 e. The minimum Gasteiger partial charge on any atom is -0.496 e. The summed E-state index contributed by atoms with van der Waals surface area (Å²) in [5, 5.41) is 0. The molecule has 0 N–H and O–H groups in total. The first-order valence-electron chi connectivity index (χ1n) is 9.43. The molecule has 2 aliphatic rings. The largest absolute Gasteiger partial charge is 0.496 e. The first kappa shape index (κ1) is 17.7. The molecule has 2 fully saturated rings. The molecule has 0 aliphatic carbocycles. The van der Waals surface area contributed by atoms with E-state index in [9.17, 15) is 0 Å². The molecule has 0 aromatic heterocycles. The van der Waals surface area contributed by atoms with Crippen molar-refractivity contribution in [1.82, 2.24) is 9.80 Å². The van der Waals surface area contributed by atoms with Crippen molar-refractivity contribution in [3.05, 3.63) is 29.3 Å². The van der Waals surface area contributed by atoms with Crippen molar-refractivity contribution in [2.75, 3.05) is 40.4 Å². The van der Waals surface area contributed by atoms with Gasteiger partial charge in [-0.3, -0.25) is 9.80 Å². The quantitative estimate of drug-likeness (QED) is 0.765. The number of nitrogens with zero attached hydrogens (tertiary/aromatic N) is 2. The zero-order valence-corrected chi connectivity index (χ0v) is 15.3. The molecule has 1 aromatic rings. The first-order valence-corrected chi connectivity index (χ1v) is 9.43. The lowest BCUT2D eigenvalue weighted by atomic mass is 10.1. The van der Waals surface area contributed by atoms with E-state index in [1.54, 1.807) is 7.11 Å². The molecule has 0 radical (unpaired) electrons. The molecule has 1 aromatic carbocycles. The SMILES string of the molecule is COc1ccc(CN(C)CC2CCCCO2)cc1CN1CCCC1. The Balaban J connectivity index is 1.59. The van der Waals surface area contributed by atoms with E-state index in [2.05, 4.69) is 35.0 Å². The average molecular weight is 332 g/mol. The summed E-state index contributed by atoms with van der Waals surface area (Å²) in [4.78, 5) is 4.92. The third-order valence-corrected chi connectivity index (χ3v) is 5.18. The molecule has 2 aliphatic heterocycles. The summed E-state index contributed by atoms with van der Waals surface area (Å²) >= 11 is 0. The molecular formula is C20H32N2O2. The monoisotopic (exact) mass is 332 g/mol. The highest BCUT2D eigenvalue weighted by Crippen LogP contribution is 2.24. The van der Waals surface area contributed by atoms with Crippen LogP contribution in [-0.2, 0) is 17.8 Å². The molecule has 3 rings (SSSR count). The van der Waals surface area contributed by atoms with Crippen LogP contribution in [0.15, 0.2) is 18.2 Å². The van der Waals surface area contributed by atoms with E-state index >= 15 is 0 Å². The van der Waals surface area contributed by atoms with E-state index in [1.807, 2.05) is 0 Å². The van der Waals surface area contributed by atoms with Gasteiger partial charge in [-0.15, -0.1) is 0 Å². The van der Waals surface area contributed by atoms with Gasteiger partial charge in [-0.25, -0.2) is 0 Å². The van der Waals surface area contributed by atoms with Crippen LogP contribution >= 0.6 is 0 Å². The molecule has 4 heteroatoms. The van der Waals surface area contributed by atoms with E-state index < -0.39 is 0 Å². The summed E-state index contributed by atoms with van der Waals surface area (Å²) in [6.07, 6.45) is 6.79. The lowest BCUT2D eigenvalue weighted by Gasteiger charge is -2.27. The highest BCUT2D eigenvalue weighted by Gasteiger charge is 2.17. The van der Waals surface area contributed by atoms with Crippen molar-refractivity contribution in [1.29, 1.82) is 0 Å². The van der Waals surface area contributed by atoms with Gasteiger partial charge in [0.15, 0.2) is 0 Å². The Hall–Kier alpha value is -1.10. The van der Waals surface area contributed by atoms with Gasteiger partial charge in [0.2, 0.25) is 0 Å². The lowest BCUT2D eigenvalue weighted by Crippen LogP contribution is -2.33. The van der Waals surface area contributed by atoms with Crippen LogP contribution in [0.1, 0.15) is 43.2 Å². The van der Waals surface area contributed by atoms with Crippen molar-refractivity contribution in [3.8, 4) is 5.75 Å². The highest BCUT2D eigenvalue weighted by molar-refractivity contribution is 5.37. The molecule has 0 amide bonds. The minimum atomic E-state index is 0.408. The van der Waals surface area contributed by atoms with E-state index in [-0.39, 0.29) is 0 Å². The van der Waals surface area contributed by atoms with Gasteiger partial charge in [-0.1, -0.05) is 6.07 Å². The Morgan fingerprint density at radius 3 is 2.75 bits per heavy atom. The van der Waals surface area contributed by atoms with Crippen molar-refractivity contribution in [3.63, 3.8) is 0 Å². The normalized spacial score (nSPS) is 22.2. The molecule has 0 bridgehead atoms. The predicted octanol–water partition coefficient (Wildman–Crippen LogP) is 3.29. The number of ether oxygens (including phenoxy) is 2. The zero-order valence-electron chi connectivity index (χ0n) is 15.3. The standard InChI is InChI=1S/C20H32N2O2/c1-21(16-19-7-3-6-12-24-19)14-17-8-9-20(23-2)18(13-17)15-22-10-4-5-11-22/h8-9,13,19H,3-7,10-12,14-16H2,1-2H3. The Kier molecular flexibility index (Phi) is 6.52. The molecule has 0 saturated carbocycles. The average Bonchev–Trinajstić information content (AvgIpc) is 3.09. The molecule has 2 heterocycles. The summed E-state index contributed by atoms with van der Waals surface area (Å²) in [5.74, 6) is 1.02. The van der Waals surface area contributed by atoms with E-state index in [0.717, 1.165) is 32.0 Å². The van der Waals surface area contributed by atoms with Crippen LogP contribution in [-0.4, -0.2) is 56.3 Å². The number of rotatable bonds is 7. The Morgan fingerprint density at radius 2 is 2.04 bits per heavy atom. The maximum absolute atomic E-state index is 5.87. The van der Waals surface area contributed by atoms with Gasteiger partial charge in [0.1, 0.15) is 5.75 Å². The number of likely N-dealkylation sites (tertiary alicyclic amines) is 1. The Labute approximate surface area is 146 Å². The molecule has 134 valence electrons. The Morgan fingerprint density at radius 1 is 1.21 bits per heavy atom. The summed E-state index contributed by atoms with van der Waals surface area (Å²) in [6.45, 7) is 6.36. The second-order valence-electron chi connectivity index (χ2n) is 7.31. The van der Waals surface area contributed by atoms with Crippen molar-refractivity contribution < 1.29 is 9.47 Å². The highest BCUT2D eigenvalue weighted by atomic mass is 16.5. The summed E-state index contributed by atoms with van der Waals surface area (Å²) in [7, 11) is 3.97. The van der Waals surface area contributed by atoms with Crippen LogP contribution in [0.3, 0.4) is 0 Å². The topological polar surface area (TPSA) is 24.9 Å². The van der Waals surface area contributed by atoms with Gasteiger partial charge in [0, 0.05) is 31.8 Å². The number of hydrogen-bond donors (Lipinski definition) is 0. The maximum atomic E-state index is 5.87. The zero-order chi connectivity index (χ0) is 16.8. The van der Waals surface area contributed by atoms with Crippen LogP contribution in [0.4, 0.5) is 0 Å². The fourth-order valence-corrected chi connectivity index (χ4v) is 3.91.